The molecule has 0 fully saturated rings. The van der Waals surface area contributed by atoms with Crippen LogP contribution >= 0.6 is 0 Å². The molecule has 0 heterocycles. The third kappa shape index (κ3) is 15.7. The van der Waals surface area contributed by atoms with Crippen LogP contribution in [0.3, 0.4) is 0 Å². The zero-order valence-electron chi connectivity index (χ0n) is 12.1. The van der Waals surface area contributed by atoms with Gasteiger partial charge in [0.25, 0.3) is 0 Å². The van der Waals surface area contributed by atoms with E-state index in [1.807, 2.05) is 6.92 Å². The highest BCUT2D eigenvalue weighted by atomic mass is 16.5. The van der Waals surface area contributed by atoms with Crippen LogP contribution in [0.1, 0.15) is 52.9 Å². The van der Waals surface area contributed by atoms with Crippen molar-refractivity contribution in [3.8, 4) is 0 Å². The van der Waals surface area contributed by atoms with Crippen molar-refractivity contribution < 1.29 is 4.74 Å². The van der Waals surface area contributed by atoms with Crippen LogP contribution in [0.4, 0.5) is 0 Å². The monoisotopic (exact) mass is 241 g/mol. The van der Waals surface area contributed by atoms with Crippen LogP contribution in [0.2, 0.25) is 0 Å². The lowest BCUT2D eigenvalue weighted by Gasteiger charge is -2.07. The predicted molar refractivity (Wildman–Crippen MR) is 76.4 cm³/mol. The van der Waals surface area contributed by atoms with Gasteiger partial charge in [0, 0.05) is 6.61 Å². The first-order chi connectivity index (χ1) is 8.13. The molecule has 2 heteroatoms. The SMILES string of the molecule is C=C(C)CCOCCCCCCNCC(C)C. The molecule has 102 valence electrons. The Balaban J connectivity index is 2.96. The molecule has 1 N–H and O–H groups in total. The average Bonchev–Trinajstić information content (AvgIpc) is 2.25. The summed E-state index contributed by atoms with van der Waals surface area (Å²) in [5.74, 6) is 0.761. The highest BCUT2D eigenvalue weighted by Crippen LogP contribution is 2.01. The maximum absolute atomic E-state index is 5.53. The van der Waals surface area contributed by atoms with Gasteiger partial charge in [-0.15, -0.1) is 6.58 Å². The summed E-state index contributed by atoms with van der Waals surface area (Å²) in [5, 5.41) is 3.47. The summed E-state index contributed by atoms with van der Waals surface area (Å²) in [4.78, 5) is 0. The van der Waals surface area contributed by atoms with Crippen LogP contribution in [0, 0.1) is 5.92 Å². The molecule has 0 radical (unpaired) electrons. The van der Waals surface area contributed by atoms with Crippen molar-refractivity contribution >= 4 is 0 Å². The maximum Gasteiger partial charge on any atom is 0.0502 e. The van der Waals surface area contributed by atoms with Crippen molar-refractivity contribution in [2.45, 2.75) is 52.9 Å². The van der Waals surface area contributed by atoms with Gasteiger partial charge in [-0.1, -0.05) is 32.3 Å². The van der Waals surface area contributed by atoms with Crippen molar-refractivity contribution in [1.29, 1.82) is 0 Å². The van der Waals surface area contributed by atoms with E-state index < -0.39 is 0 Å². The summed E-state index contributed by atoms with van der Waals surface area (Å²) in [6.45, 7) is 14.4. The minimum Gasteiger partial charge on any atom is -0.381 e. The standard InChI is InChI=1S/C15H31NO/c1-14(2)9-12-17-11-8-6-5-7-10-16-13-15(3)4/h15-16H,1,5-13H2,2-4H3. The lowest BCUT2D eigenvalue weighted by Crippen LogP contribution is -2.20. The summed E-state index contributed by atoms with van der Waals surface area (Å²) < 4.78 is 5.53. The van der Waals surface area contributed by atoms with E-state index in [1.165, 1.54) is 31.3 Å². The summed E-state index contributed by atoms with van der Waals surface area (Å²) in [6, 6.07) is 0. The molecule has 0 aromatic carbocycles. The third-order valence-electron chi connectivity index (χ3n) is 2.62. The van der Waals surface area contributed by atoms with Crippen molar-refractivity contribution in [3.05, 3.63) is 12.2 Å². The largest absolute Gasteiger partial charge is 0.381 e. The second-order valence-electron chi connectivity index (χ2n) is 5.33. The first-order valence-corrected chi connectivity index (χ1v) is 7.05. The van der Waals surface area contributed by atoms with Gasteiger partial charge in [-0.3, -0.25) is 0 Å². The fourth-order valence-corrected chi connectivity index (χ4v) is 1.55. The zero-order valence-corrected chi connectivity index (χ0v) is 12.1. The van der Waals surface area contributed by atoms with Crippen molar-refractivity contribution in [2.24, 2.45) is 5.92 Å². The first-order valence-electron chi connectivity index (χ1n) is 7.05. The normalized spacial score (nSPS) is 11.1. The summed E-state index contributed by atoms with van der Waals surface area (Å²) in [7, 11) is 0. The smallest absolute Gasteiger partial charge is 0.0502 e. The second-order valence-corrected chi connectivity index (χ2v) is 5.33. The van der Waals surface area contributed by atoms with Gasteiger partial charge < -0.3 is 10.1 Å². The Kier molecular flexibility index (Phi) is 11.9. The predicted octanol–water partition coefficient (Wildman–Crippen LogP) is 3.78. The summed E-state index contributed by atoms with van der Waals surface area (Å²) >= 11 is 0. The first kappa shape index (κ1) is 16.7. The number of rotatable bonds is 12. The second kappa shape index (κ2) is 12.1. The molecule has 0 spiro atoms. The summed E-state index contributed by atoms with van der Waals surface area (Å²) in [6.07, 6.45) is 6.09. The van der Waals surface area contributed by atoms with E-state index in [9.17, 15) is 0 Å². The Morgan fingerprint density at radius 1 is 1.12 bits per heavy atom. The molecule has 0 aromatic heterocycles. The Morgan fingerprint density at radius 3 is 2.47 bits per heavy atom. The van der Waals surface area contributed by atoms with Crippen molar-refractivity contribution in [1.82, 2.24) is 5.32 Å². The topological polar surface area (TPSA) is 21.3 Å². The lowest BCUT2D eigenvalue weighted by molar-refractivity contribution is 0.133. The molecule has 0 atom stereocenters. The summed E-state index contributed by atoms with van der Waals surface area (Å²) in [5.41, 5.74) is 1.21. The Bertz CT molecular complexity index is 178. The van der Waals surface area contributed by atoms with Gasteiger partial charge in [-0.05, 0) is 45.2 Å². The molecule has 0 saturated carbocycles. The zero-order chi connectivity index (χ0) is 12.9. The minimum absolute atomic E-state index is 0.761. The Morgan fingerprint density at radius 2 is 1.82 bits per heavy atom. The minimum atomic E-state index is 0.761. The Labute approximate surface area is 108 Å². The van der Waals surface area contributed by atoms with Gasteiger partial charge >= 0.3 is 0 Å². The highest BCUT2D eigenvalue weighted by Gasteiger charge is 1.94. The molecular formula is C15H31NO. The quantitative estimate of drug-likeness (QED) is 0.415. The number of hydrogen-bond donors (Lipinski definition) is 1. The number of unbranched alkanes of at least 4 members (excludes halogenated alkanes) is 3. The van der Waals surface area contributed by atoms with Crippen LogP contribution in [0.25, 0.3) is 0 Å². The molecule has 0 rings (SSSR count). The van der Waals surface area contributed by atoms with Crippen LogP contribution in [0.5, 0.6) is 0 Å². The van der Waals surface area contributed by atoms with E-state index >= 15 is 0 Å². The number of hydrogen-bond acceptors (Lipinski definition) is 2. The van der Waals surface area contributed by atoms with E-state index in [1.54, 1.807) is 0 Å². The molecule has 0 saturated heterocycles. The van der Waals surface area contributed by atoms with Gasteiger partial charge in [0.1, 0.15) is 0 Å². The number of ether oxygens (including phenoxy) is 1. The van der Waals surface area contributed by atoms with Crippen LogP contribution in [0.15, 0.2) is 12.2 Å². The van der Waals surface area contributed by atoms with Gasteiger partial charge in [0.2, 0.25) is 0 Å². The average molecular weight is 241 g/mol. The van der Waals surface area contributed by atoms with E-state index in [0.717, 1.165) is 38.6 Å². The fraction of sp³-hybridized carbons (Fsp3) is 0.867. The molecule has 0 bridgehead atoms. The molecule has 0 aliphatic heterocycles. The molecule has 0 unspecified atom stereocenters. The van der Waals surface area contributed by atoms with E-state index in [-0.39, 0.29) is 0 Å². The highest BCUT2D eigenvalue weighted by molar-refractivity contribution is 4.86. The lowest BCUT2D eigenvalue weighted by atomic mass is 10.2. The molecule has 0 aromatic rings. The van der Waals surface area contributed by atoms with Crippen molar-refractivity contribution in [2.75, 3.05) is 26.3 Å². The van der Waals surface area contributed by atoms with Crippen LogP contribution < -0.4 is 5.32 Å². The van der Waals surface area contributed by atoms with Gasteiger partial charge in [0.05, 0.1) is 6.61 Å². The molecule has 0 aliphatic rings. The van der Waals surface area contributed by atoms with Crippen LogP contribution in [-0.4, -0.2) is 26.3 Å². The molecule has 0 aliphatic carbocycles. The maximum atomic E-state index is 5.53. The van der Waals surface area contributed by atoms with E-state index in [0.29, 0.717) is 0 Å². The van der Waals surface area contributed by atoms with E-state index in [4.69, 9.17) is 4.74 Å². The third-order valence-corrected chi connectivity index (χ3v) is 2.62. The van der Waals surface area contributed by atoms with Gasteiger partial charge in [-0.25, -0.2) is 0 Å². The fourth-order valence-electron chi connectivity index (χ4n) is 1.55. The van der Waals surface area contributed by atoms with E-state index in [2.05, 4.69) is 25.7 Å². The van der Waals surface area contributed by atoms with Gasteiger partial charge in [-0.2, -0.15) is 0 Å². The molecule has 17 heavy (non-hydrogen) atoms. The van der Waals surface area contributed by atoms with Crippen molar-refractivity contribution in [3.63, 3.8) is 0 Å². The molecule has 0 amide bonds. The van der Waals surface area contributed by atoms with Gasteiger partial charge in [0.15, 0.2) is 0 Å². The Hall–Kier alpha value is -0.340. The molecule has 2 nitrogen and oxygen atoms in total. The van der Waals surface area contributed by atoms with Crippen LogP contribution in [-0.2, 0) is 4.74 Å². The molecular weight excluding hydrogens is 210 g/mol. The number of nitrogens with one attached hydrogen (secondary N) is 1.